The van der Waals surface area contributed by atoms with Gasteiger partial charge in [0.15, 0.2) is 0 Å². The maximum absolute atomic E-state index is 5.71. The lowest BCUT2D eigenvalue weighted by Gasteiger charge is -2.24. The van der Waals surface area contributed by atoms with E-state index in [1.807, 2.05) is 0 Å². The lowest BCUT2D eigenvalue weighted by atomic mass is 10.00. The summed E-state index contributed by atoms with van der Waals surface area (Å²) >= 11 is 0. The van der Waals surface area contributed by atoms with E-state index in [-0.39, 0.29) is 0 Å². The zero-order valence-electron chi connectivity index (χ0n) is 12.2. The van der Waals surface area contributed by atoms with Crippen LogP contribution in [0.5, 0.6) is 0 Å². The monoisotopic (exact) mass is 262 g/mol. The number of aryl methyl sites for hydroxylation is 1. The van der Waals surface area contributed by atoms with Crippen LogP contribution in [-0.2, 0) is 12.8 Å². The van der Waals surface area contributed by atoms with Gasteiger partial charge in [-0.2, -0.15) is 0 Å². The predicted molar refractivity (Wildman–Crippen MR) is 79.2 cm³/mol. The molecule has 1 heterocycles. The number of nitrogens with two attached hydrogens (primary N) is 1. The number of nitrogens with zero attached hydrogens (tertiary/aromatic N) is 2. The minimum atomic E-state index is 0.396. The molecule has 1 atom stereocenters. The Morgan fingerprint density at radius 1 is 1.21 bits per heavy atom. The van der Waals surface area contributed by atoms with Gasteiger partial charge in [-0.05, 0) is 44.6 Å². The molecule has 0 aliphatic heterocycles. The van der Waals surface area contributed by atoms with Crippen LogP contribution < -0.4 is 11.1 Å². The number of rotatable bonds is 5. The Balaban J connectivity index is 2.19. The third kappa shape index (κ3) is 3.66. The van der Waals surface area contributed by atoms with Gasteiger partial charge >= 0.3 is 0 Å². The molecule has 106 valence electrons. The van der Waals surface area contributed by atoms with Crippen molar-refractivity contribution in [2.24, 2.45) is 11.7 Å². The molecule has 19 heavy (non-hydrogen) atoms. The second-order valence-electron chi connectivity index (χ2n) is 5.78. The van der Waals surface area contributed by atoms with Gasteiger partial charge in [0.2, 0.25) is 0 Å². The quantitative estimate of drug-likeness (QED) is 0.800. The summed E-state index contributed by atoms with van der Waals surface area (Å²) in [6.45, 7) is 5.17. The number of fused-ring (bicyclic) bond motifs is 1. The first kappa shape index (κ1) is 14.3. The van der Waals surface area contributed by atoms with E-state index in [0.29, 0.717) is 18.5 Å². The van der Waals surface area contributed by atoms with Crippen LogP contribution in [0.15, 0.2) is 6.33 Å². The fourth-order valence-electron chi connectivity index (χ4n) is 2.75. The maximum Gasteiger partial charge on any atom is 0.133 e. The summed E-state index contributed by atoms with van der Waals surface area (Å²) < 4.78 is 0. The molecular formula is C15H26N4. The zero-order valence-corrected chi connectivity index (χ0v) is 12.2. The molecule has 0 saturated carbocycles. The van der Waals surface area contributed by atoms with Crippen LogP contribution in [0.25, 0.3) is 0 Å². The van der Waals surface area contributed by atoms with Crippen molar-refractivity contribution in [1.82, 2.24) is 9.97 Å². The van der Waals surface area contributed by atoms with Crippen molar-refractivity contribution in [1.29, 1.82) is 0 Å². The van der Waals surface area contributed by atoms with Crippen LogP contribution in [0.3, 0.4) is 0 Å². The van der Waals surface area contributed by atoms with Crippen molar-refractivity contribution in [2.45, 2.75) is 58.4 Å². The van der Waals surface area contributed by atoms with Gasteiger partial charge in [0, 0.05) is 17.3 Å². The first-order chi connectivity index (χ1) is 9.22. The first-order valence-electron chi connectivity index (χ1n) is 7.51. The standard InChI is InChI=1S/C15H26N4/c1-11(2)13(8-9-16)19-15-12-6-4-3-5-7-14(12)17-10-18-15/h10-11,13H,3-9,16H2,1-2H3,(H,17,18,19). The van der Waals surface area contributed by atoms with Crippen molar-refractivity contribution >= 4 is 5.82 Å². The summed E-state index contributed by atoms with van der Waals surface area (Å²) in [5, 5.41) is 3.60. The highest BCUT2D eigenvalue weighted by Crippen LogP contribution is 2.25. The van der Waals surface area contributed by atoms with Gasteiger partial charge in [-0.15, -0.1) is 0 Å². The lowest BCUT2D eigenvalue weighted by Crippen LogP contribution is -2.29. The van der Waals surface area contributed by atoms with Crippen molar-refractivity contribution in [3.8, 4) is 0 Å². The van der Waals surface area contributed by atoms with Crippen LogP contribution in [0.1, 0.15) is 50.8 Å². The Labute approximate surface area is 116 Å². The molecule has 4 heteroatoms. The topological polar surface area (TPSA) is 63.8 Å². The molecule has 1 aliphatic carbocycles. The molecule has 0 aromatic carbocycles. The average Bonchev–Trinajstić information content (AvgIpc) is 2.64. The molecule has 0 bridgehead atoms. The molecule has 1 aromatic heterocycles. The second kappa shape index (κ2) is 6.85. The summed E-state index contributed by atoms with van der Waals surface area (Å²) in [6, 6.07) is 0.396. The SMILES string of the molecule is CC(C)C(CCN)Nc1ncnc2c1CCCCC2. The molecule has 3 N–H and O–H groups in total. The fourth-order valence-corrected chi connectivity index (χ4v) is 2.75. The average molecular weight is 262 g/mol. The molecule has 2 rings (SSSR count). The van der Waals surface area contributed by atoms with E-state index in [1.165, 1.54) is 30.5 Å². The molecule has 0 spiro atoms. The molecule has 0 fully saturated rings. The highest BCUT2D eigenvalue weighted by molar-refractivity contribution is 5.47. The Morgan fingerprint density at radius 2 is 2.00 bits per heavy atom. The van der Waals surface area contributed by atoms with Crippen LogP contribution in [0.4, 0.5) is 5.82 Å². The van der Waals surface area contributed by atoms with Crippen molar-refractivity contribution in [3.63, 3.8) is 0 Å². The van der Waals surface area contributed by atoms with E-state index < -0.39 is 0 Å². The number of aromatic nitrogens is 2. The largest absolute Gasteiger partial charge is 0.367 e. The van der Waals surface area contributed by atoms with E-state index in [2.05, 4.69) is 29.1 Å². The number of anilines is 1. The maximum atomic E-state index is 5.71. The Kier molecular flexibility index (Phi) is 5.14. The lowest BCUT2D eigenvalue weighted by molar-refractivity contribution is 0.496. The zero-order chi connectivity index (χ0) is 13.7. The van der Waals surface area contributed by atoms with Crippen LogP contribution in [-0.4, -0.2) is 22.6 Å². The van der Waals surface area contributed by atoms with Gasteiger partial charge in [-0.25, -0.2) is 9.97 Å². The van der Waals surface area contributed by atoms with E-state index in [9.17, 15) is 0 Å². The van der Waals surface area contributed by atoms with E-state index in [0.717, 1.165) is 25.1 Å². The molecule has 1 aliphatic rings. The van der Waals surface area contributed by atoms with E-state index in [1.54, 1.807) is 6.33 Å². The van der Waals surface area contributed by atoms with Crippen LogP contribution >= 0.6 is 0 Å². The van der Waals surface area contributed by atoms with Crippen molar-refractivity contribution in [3.05, 3.63) is 17.6 Å². The van der Waals surface area contributed by atoms with Gasteiger partial charge in [-0.1, -0.05) is 20.3 Å². The Bertz CT molecular complexity index is 403. The second-order valence-corrected chi connectivity index (χ2v) is 5.78. The molecule has 0 amide bonds. The van der Waals surface area contributed by atoms with Crippen LogP contribution in [0, 0.1) is 5.92 Å². The molecule has 1 unspecified atom stereocenters. The van der Waals surface area contributed by atoms with Gasteiger partial charge in [0.25, 0.3) is 0 Å². The Hall–Kier alpha value is -1.16. The third-order valence-corrected chi connectivity index (χ3v) is 3.98. The fraction of sp³-hybridized carbons (Fsp3) is 0.733. The van der Waals surface area contributed by atoms with Crippen molar-refractivity contribution < 1.29 is 0 Å². The van der Waals surface area contributed by atoms with Gasteiger partial charge in [0.1, 0.15) is 12.1 Å². The summed E-state index contributed by atoms with van der Waals surface area (Å²) in [5.41, 5.74) is 8.29. The highest BCUT2D eigenvalue weighted by atomic mass is 15.0. The van der Waals surface area contributed by atoms with Gasteiger partial charge in [-0.3, -0.25) is 0 Å². The molecule has 0 radical (unpaired) electrons. The molecule has 0 saturated heterocycles. The highest BCUT2D eigenvalue weighted by Gasteiger charge is 2.18. The summed E-state index contributed by atoms with van der Waals surface area (Å²) in [4.78, 5) is 8.94. The summed E-state index contributed by atoms with van der Waals surface area (Å²) in [5.74, 6) is 1.60. The summed E-state index contributed by atoms with van der Waals surface area (Å²) in [7, 11) is 0. The van der Waals surface area contributed by atoms with Crippen molar-refractivity contribution in [2.75, 3.05) is 11.9 Å². The van der Waals surface area contributed by atoms with Gasteiger partial charge in [0.05, 0.1) is 0 Å². The number of hydrogen-bond acceptors (Lipinski definition) is 4. The van der Waals surface area contributed by atoms with Gasteiger partial charge < -0.3 is 11.1 Å². The molecule has 1 aromatic rings. The minimum Gasteiger partial charge on any atom is -0.367 e. The van der Waals surface area contributed by atoms with E-state index >= 15 is 0 Å². The number of hydrogen-bond donors (Lipinski definition) is 2. The summed E-state index contributed by atoms with van der Waals surface area (Å²) in [6.07, 6.45) is 8.68. The molecule has 4 nitrogen and oxygen atoms in total. The number of nitrogens with one attached hydrogen (secondary N) is 1. The normalized spacial score (nSPS) is 16.8. The third-order valence-electron chi connectivity index (χ3n) is 3.98. The van der Waals surface area contributed by atoms with E-state index in [4.69, 9.17) is 5.73 Å². The minimum absolute atomic E-state index is 0.396. The first-order valence-corrected chi connectivity index (χ1v) is 7.51. The Morgan fingerprint density at radius 3 is 2.74 bits per heavy atom. The molecular weight excluding hydrogens is 236 g/mol. The predicted octanol–water partition coefficient (Wildman–Crippen LogP) is 2.53. The van der Waals surface area contributed by atoms with Crippen LogP contribution in [0.2, 0.25) is 0 Å². The smallest absolute Gasteiger partial charge is 0.133 e.